The van der Waals surface area contributed by atoms with Gasteiger partial charge in [-0.3, -0.25) is 19.2 Å². The lowest BCUT2D eigenvalue weighted by molar-refractivity contribution is -0.172. The van der Waals surface area contributed by atoms with Crippen LogP contribution in [0, 0.1) is 5.92 Å². The quantitative estimate of drug-likeness (QED) is 0.0544. The number of esters is 1. The normalized spacial score (nSPS) is 15.4. The number of urea groups is 1. The number of benzene rings is 2. The van der Waals surface area contributed by atoms with Gasteiger partial charge in [0.05, 0.1) is 29.0 Å². The third-order valence-electron chi connectivity index (χ3n) is 12.2. The highest BCUT2D eigenvalue weighted by Gasteiger charge is 2.45. The minimum absolute atomic E-state index is 0.0321. The predicted octanol–water partition coefficient (Wildman–Crippen LogP) is 3.37. The fourth-order valence-corrected chi connectivity index (χ4v) is 8.24. The summed E-state index contributed by atoms with van der Waals surface area (Å²) < 4.78 is 18.0. The number of rotatable bonds is 18. The molecule has 1 unspecified atom stereocenters. The molecule has 0 bridgehead atoms. The zero-order chi connectivity index (χ0) is 50.3. The van der Waals surface area contributed by atoms with Crippen LogP contribution in [-0.2, 0) is 60.4 Å². The number of fused-ring (bicyclic) bond motifs is 5. The van der Waals surface area contributed by atoms with Crippen LogP contribution in [0.3, 0.4) is 0 Å². The second-order valence-electron chi connectivity index (χ2n) is 17.4. The van der Waals surface area contributed by atoms with Crippen LogP contribution in [0.25, 0.3) is 22.3 Å². The third kappa shape index (κ3) is 11.4. The van der Waals surface area contributed by atoms with Crippen LogP contribution in [0.4, 0.5) is 20.1 Å². The van der Waals surface area contributed by atoms with E-state index in [1.165, 1.54) is 30.8 Å². The van der Waals surface area contributed by atoms with E-state index < -0.39 is 59.6 Å². The molecular weight excluding hydrogens is 895 g/mol. The number of carbonyl (C=O) groups excluding carboxylic acids is 7. The summed E-state index contributed by atoms with van der Waals surface area (Å²) in [6.07, 6.45) is -0.234. The number of nitrogens with zero attached hydrogens (tertiary/aromatic N) is 4. The summed E-state index contributed by atoms with van der Waals surface area (Å²) in [6.45, 7) is 8.74. The predicted molar refractivity (Wildman–Crippen MR) is 252 cm³/mol. The zero-order valence-corrected chi connectivity index (χ0v) is 39.7. The number of hydrogen-bond acceptors (Lipinski definition) is 13. The molecule has 69 heavy (non-hydrogen) atoms. The van der Waals surface area contributed by atoms with Crippen molar-refractivity contribution in [2.75, 3.05) is 39.0 Å². The lowest BCUT2D eigenvalue weighted by atomic mass is 9.86. The van der Waals surface area contributed by atoms with Crippen molar-refractivity contribution in [3.8, 4) is 17.1 Å². The number of likely N-dealkylation sites (N-methyl/N-ethyl adjacent to an activating group) is 2. The van der Waals surface area contributed by atoms with Gasteiger partial charge in [0.1, 0.15) is 31.0 Å². The third-order valence-corrected chi connectivity index (χ3v) is 12.2. The van der Waals surface area contributed by atoms with E-state index in [0.29, 0.717) is 41.0 Å². The molecule has 2 aromatic heterocycles. The van der Waals surface area contributed by atoms with E-state index in [1.807, 2.05) is 6.92 Å². The summed E-state index contributed by atoms with van der Waals surface area (Å²) in [6, 6.07) is 10.6. The Bertz CT molecular complexity index is 2720. The summed E-state index contributed by atoms with van der Waals surface area (Å²) in [5.74, 6) is -2.25. The average Bonchev–Trinajstić information content (AvgIpc) is 3.68. The van der Waals surface area contributed by atoms with Crippen molar-refractivity contribution in [1.29, 1.82) is 0 Å². The van der Waals surface area contributed by atoms with Gasteiger partial charge in [0.2, 0.25) is 17.7 Å². The Balaban J connectivity index is 1.01. The first-order valence-corrected chi connectivity index (χ1v) is 22.7. The smallest absolute Gasteiger partial charge is 0.415 e. The molecule has 3 atom stereocenters. The number of cyclic esters (lactones) is 1. The monoisotopic (exact) mass is 953 g/mol. The van der Waals surface area contributed by atoms with E-state index in [0.717, 1.165) is 16.5 Å². The first-order chi connectivity index (χ1) is 32.8. The Kier molecular flexibility index (Phi) is 15.9. The van der Waals surface area contributed by atoms with Crippen molar-refractivity contribution in [2.45, 2.75) is 97.7 Å². The van der Waals surface area contributed by atoms with Gasteiger partial charge in [-0.2, -0.15) is 0 Å². The first-order valence-electron chi connectivity index (χ1n) is 22.7. The SMILES string of the molecule is CCc1c2c(nc3ccc(OC(=O)N(C)CCN(C)C(=O)OCc4ccc(NC(=O)[C@H](CCCNC(N)=O)NC(=O)[C@@H](NC(C)=O)C(C)C)cc4)cc13)-c1cc3c(c(=O)n1C2)COC(=O)C3(O)CC. The van der Waals surface area contributed by atoms with Crippen LogP contribution in [0.2, 0.25) is 0 Å². The van der Waals surface area contributed by atoms with E-state index in [4.69, 9.17) is 24.9 Å². The van der Waals surface area contributed by atoms with Gasteiger partial charge >= 0.3 is 24.2 Å². The molecule has 2 aliphatic heterocycles. The van der Waals surface area contributed by atoms with E-state index in [2.05, 4.69) is 21.3 Å². The van der Waals surface area contributed by atoms with Crippen molar-refractivity contribution in [2.24, 2.45) is 11.7 Å². The number of nitrogens with one attached hydrogen (secondary N) is 4. The fraction of sp³-hybridized carbons (Fsp3) is 0.438. The number of amides is 7. The number of aryl methyl sites for hydroxylation is 1. The minimum Gasteiger partial charge on any atom is -0.458 e. The molecule has 4 heterocycles. The van der Waals surface area contributed by atoms with Gasteiger partial charge < -0.3 is 60.7 Å². The topological polar surface area (TPSA) is 283 Å². The molecular formula is C48H59N9O12. The number of pyridine rings is 2. The number of aliphatic hydroxyl groups is 1. The maximum Gasteiger partial charge on any atom is 0.415 e. The molecule has 0 radical (unpaired) electrons. The molecule has 21 heteroatoms. The summed E-state index contributed by atoms with van der Waals surface area (Å²) in [4.78, 5) is 109. The molecule has 368 valence electrons. The number of hydrogen-bond donors (Lipinski definition) is 6. The van der Waals surface area contributed by atoms with E-state index in [1.54, 1.807) is 73.9 Å². The van der Waals surface area contributed by atoms with Crippen molar-refractivity contribution >= 4 is 58.5 Å². The van der Waals surface area contributed by atoms with Crippen molar-refractivity contribution < 1.29 is 52.9 Å². The fourth-order valence-electron chi connectivity index (χ4n) is 8.24. The molecule has 4 aromatic rings. The molecule has 2 aliphatic rings. The van der Waals surface area contributed by atoms with Crippen LogP contribution >= 0.6 is 0 Å². The Morgan fingerprint density at radius 3 is 2.28 bits per heavy atom. The maximum atomic E-state index is 13.7. The van der Waals surface area contributed by atoms with Crippen molar-refractivity contribution in [3.63, 3.8) is 0 Å². The maximum absolute atomic E-state index is 13.7. The number of ether oxygens (including phenoxy) is 3. The van der Waals surface area contributed by atoms with Gasteiger partial charge in [-0.25, -0.2) is 24.2 Å². The van der Waals surface area contributed by atoms with Crippen LogP contribution in [-0.4, -0.2) is 112 Å². The Morgan fingerprint density at radius 2 is 1.64 bits per heavy atom. The van der Waals surface area contributed by atoms with E-state index in [9.17, 15) is 43.5 Å². The Morgan fingerprint density at radius 1 is 0.942 bits per heavy atom. The molecule has 7 amide bonds. The van der Waals surface area contributed by atoms with Gasteiger partial charge in [-0.1, -0.05) is 39.8 Å². The van der Waals surface area contributed by atoms with Gasteiger partial charge in [0, 0.05) is 62.9 Å². The van der Waals surface area contributed by atoms with Crippen LogP contribution in [0.1, 0.15) is 81.7 Å². The van der Waals surface area contributed by atoms with Crippen LogP contribution < -0.4 is 37.3 Å². The lowest BCUT2D eigenvalue weighted by Crippen LogP contribution is -2.54. The largest absolute Gasteiger partial charge is 0.458 e. The molecule has 21 nitrogen and oxygen atoms in total. The number of nitrogens with two attached hydrogens (primary N) is 1. The highest BCUT2D eigenvalue weighted by atomic mass is 16.6. The summed E-state index contributed by atoms with van der Waals surface area (Å²) in [5, 5.41) is 22.5. The summed E-state index contributed by atoms with van der Waals surface area (Å²) in [7, 11) is 3.06. The minimum atomic E-state index is -1.94. The zero-order valence-electron chi connectivity index (χ0n) is 39.7. The van der Waals surface area contributed by atoms with Crippen LogP contribution in [0.15, 0.2) is 53.3 Å². The molecule has 0 saturated carbocycles. The summed E-state index contributed by atoms with van der Waals surface area (Å²) >= 11 is 0. The number of aromatic nitrogens is 2. The van der Waals surface area contributed by atoms with E-state index >= 15 is 0 Å². The average molecular weight is 954 g/mol. The second kappa shape index (κ2) is 21.6. The van der Waals surface area contributed by atoms with Gasteiger partial charge in [0.25, 0.3) is 5.56 Å². The lowest BCUT2D eigenvalue weighted by Gasteiger charge is -2.31. The van der Waals surface area contributed by atoms with Gasteiger partial charge in [-0.15, -0.1) is 0 Å². The molecule has 0 aliphatic carbocycles. The van der Waals surface area contributed by atoms with Crippen molar-refractivity contribution in [3.05, 3.63) is 86.7 Å². The van der Waals surface area contributed by atoms with Gasteiger partial charge in [-0.05, 0) is 79.1 Å². The van der Waals surface area contributed by atoms with Crippen LogP contribution in [0.5, 0.6) is 5.75 Å². The first kappa shape index (κ1) is 50.9. The number of anilines is 1. The molecule has 0 fully saturated rings. The molecule has 2 aromatic carbocycles. The summed E-state index contributed by atoms with van der Waals surface area (Å²) in [5.41, 5.74) is 7.72. The number of carbonyl (C=O) groups is 7. The number of primary amides is 1. The Hall–Kier alpha value is -7.55. The van der Waals surface area contributed by atoms with Crippen molar-refractivity contribution in [1.82, 2.24) is 35.3 Å². The van der Waals surface area contributed by atoms with Gasteiger partial charge in [0.15, 0.2) is 5.60 Å². The van der Waals surface area contributed by atoms with E-state index in [-0.39, 0.29) is 80.6 Å². The standard InChI is InChI=1S/C48H59N9O12/c1-8-31-32-21-30(16-17-36(32)53-40-33(31)23-57-38(40)22-35-34(43(57)61)25-67-44(62)48(35,66)9-2)69-47(65)56(7)20-19-55(6)46(64)68-24-28-12-14-29(15-13-28)52-41(59)37(11-10-18-50-45(49)63)54-42(60)39(26(3)4)51-27(5)58/h12-17,21-22,26,37,39,66H,8-11,18-20,23-25H2,1-7H3,(H,51,58)(H,52,59)(H,54,60)(H3,49,50,63)/t37-,39-,48?/m0/s1. The molecule has 0 spiro atoms. The highest BCUT2D eigenvalue weighted by molar-refractivity contribution is 5.98. The second-order valence-corrected chi connectivity index (χ2v) is 17.4. The Labute approximate surface area is 398 Å². The molecule has 6 rings (SSSR count). The molecule has 0 saturated heterocycles. The highest BCUT2D eigenvalue weighted by Crippen LogP contribution is 2.41. The molecule has 7 N–H and O–H groups in total.